The van der Waals surface area contributed by atoms with Gasteiger partial charge in [0.05, 0.1) is 0 Å². The van der Waals surface area contributed by atoms with E-state index in [4.69, 9.17) is 35.0 Å². The topological polar surface area (TPSA) is 381 Å². The van der Waals surface area contributed by atoms with Crippen molar-refractivity contribution in [1.29, 1.82) is 0 Å². The molecule has 19 heteroatoms. The summed E-state index contributed by atoms with van der Waals surface area (Å²) < 4.78 is 68.2. The molecular formula is H14MnO15S2Zn. The monoisotopic (exact) mass is 437 g/mol. The van der Waals surface area contributed by atoms with Crippen LogP contribution in [0, 0.1) is 0 Å². The molecule has 0 aliphatic carbocycles. The standard InChI is InChI=1S/Mn.2H2O4S.7H2O.Zn/c;2*1-5(2,3)4;;;;;;;;/h;2*(H2,1,2,3,4);7*1H2;/q+2;;;;;;;;;;+2/p-4. The number of hydrogen-bond acceptors (Lipinski definition) is 8. The average molecular weight is 439 g/mol. The second kappa shape index (κ2) is 36.3. The zero-order valence-corrected chi connectivity index (χ0v) is 14.4. The number of rotatable bonds is 0. The van der Waals surface area contributed by atoms with Gasteiger partial charge in [-0.2, -0.15) is 0 Å². The Kier molecular flexibility index (Phi) is 175. The van der Waals surface area contributed by atoms with Gasteiger partial charge in [-0.25, -0.2) is 0 Å². The van der Waals surface area contributed by atoms with Crippen molar-refractivity contribution in [2.75, 3.05) is 0 Å². The fraction of sp³-hybridized carbons (Fsp3) is 0. The molecule has 19 heavy (non-hydrogen) atoms. The molecule has 0 rings (SSSR count). The second-order valence-electron chi connectivity index (χ2n) is 0.816. The molecule has 14 N–H and O–H groups in total. The number of hydrogen-bond donors (Lipinski definition) is 0. The molecule has 0 aromatic carbocycles. The van der Waals surface area contributed by atoms with Gasteiger partial charge in [0.15, 0.2) is 0 Å². The average Bonchev–Trinajstić information content (AvgIpc) is 1.12. The summed E-state index contributed by atoms with van der Waals surface area (Å²) >= 11 is 0. The molecule has 0 bridgehead atoms. The molecule has 15 nitrogen and oxygen atoms in total. The van der Waals surface area contributed by atoms with Gasteiger partial charge in [0.1, 0.15) is 0 Å². The quantitative estimate of drug-likeness (QED) is 0.198. The minimum absolute atomic E-state index is 0. The first kappa shape index (κ1) is 91.7. The van der Waals surface area contributed by atoms with Crippen LogP contribution in [0.3, 0.4) is 0 Å². The Morgan fingerprint density at radius 2 is 0.474 bits per heavy atom. The maximum absolute atomic E-state index is 8.52. The van der Waals surface area contributed by atoms with Crippen LogP contribution in [0.25, 0.3) is 0 Å². The SMILES string of the molecule is O.O.O.O.O.O.O.O=S(=O)([O-])[O-].O=S(=O)([O-])[O-].[Mn+2].[Zn+2]. The van der Waals surface area contributed by atoms with Crippen LogP contribution in [0.4, 0.5) is 0 Å². The third-order valence-corrected chi connectivity index (χ3v) is 0. The summed E-state index contributed by atoms with van der Waals surface area (Å²) in [5.41, 5.74) is 0. The zero-order chi connectivity index (χ0) is 9.00. The molecule has 1 radical (unpaired) electrons. The van der Waals surface area contributed by atoms with E-state index in [1.54, 1.807) is 0 Å². The Balaban J connectivity index is -0.00000000508. The van der Waals surface area contributed by atoms with Gasteiger partial charge in [-0.1, -0.05) is 0 Å². The molecule has 0 saturated heterocycles. The second-order valence-corrected chi connectivity index (χ2v) is 2.45. The summed E-state index contributed by atoms with van der Waals surface area (Å²) in [4.78, 5) is 0. The first-order valence-corrected chi connectivity index (χ1v) is 4.00. The van der Waals surface area contributed by atoms with Crippen molar-refractivity contribution in [1.82, 2.24) is 0 Å². The fourth-order valence-electron chi connectivity index (χ4n) is 0. The Morgan fingerprint density at radius 3 is 0.474 bits per heavy atom. The summed E-state index contributed by atoms with van der Waals surface area (Å²) in [6, 6.07) is 0. The van der Waals surface area contributed by atoms with Gasteiger partial charge >= 0.3 is 36.5 Å². The predicted molar refractivity (Wildman–Crippen MR) is 46.2 cm³/mol. The van der Waals surface area contributed by atoms with Crippen LogP contribution >= 0.6 is 0 Å². The van der Waals surface area contributed by atoms with Crippen LogP contribution in [-0.4, -0.2) is 73.4 Å². The van der Waals surface area contributed by atoms with Gasteiger partial charge in [-0.3, -0.25) is 16.8 Å². The van der Waals surface area contributed by atoms with Crippen LogP contribution in [0.2, 0.25) is 0 Å². The molecular weight excluding hydrogens is 424 g/mol. The fourth-order valence-corrected chi connectivity index (χ4v) is 0. The molecule has 0 aliphatic rings. The van der Waals surface area contributed by atoms with Crippen molar-refractivity contribution in [3.8, 4) is 0 Å². The van der Waals surface area contributed by atoms with Gasteiger partial charge in [0.2, 0.25) is 0 Å². The molecule has 0 heterocycles. The Bertz CT molecular complexity index is 217. The van der Waals surface area contributed by atoms with Crippen molar-refractivity contribution in [3.05, 3.63) is 0 Å². The van der Waals surface area contributed by atoms with Crippen LogP contribution in [-0.2, 0) is 57.3 Å². The van der Waals surface area contributed by atoms with E-state index >= 15 is 0 Å². The van der Waals surface area contributed by atoms with Gasteiger partial charge in [-0.05, 0) is 0 Å². The molecule has 0 fully saturated rings. The minimum atomic E-state index is -5.17. The molecule has 0 aliphatic heterocycles. The molecule has 0 atom stereocenters. The van der Waals surface area contributed by atoms with E-state index in [9.17, 15) is 0 Å². The third kappa shape index (κ3) is 14100. The van der Waals surface area contributed by atoms with E-state index in [0.717, 1.165) is 0 Å². The summed E-state index contributed by atoms with van der Waals surface area (Å²) in [7, 11) is -10.3. The van der Waals surface area contributed by atoms with E-state index in [1.807, 2.05) is 0 Å². The van der Waals surface area contributed by atoms with E-state index in [2.05, 4.69) is 0 Å². The normalized spacial score (nSPS) is 6.11. The maximum Gasteiger partial charge on any atom is 2.00 e. The molecule has 0 aromatic heterocycles. The summed E-state index contributed by atoms with van der Waals surface area (Å²) in [5, 5.41) is 0. The van der Waals surface area contributed by atoms with Crippen molar-refractivity contribution >= 4 is 20.8 Å². The Morgan fingerprint density at radius 1 is 0.474 bits per heavy atom. The largest absolute Gasteiger partial charge is 2.00 e. The first-order valence-electron chi connectivity index (χ1n) is 1.33. The van der Waals surface area contributed by atoms with E-state index in [-0.39, 0.29) is 74.9 Å². The minimum Gasteiger partial charge on any atom is -0.759 e. The van der Waals surface area contributed by atoms with Crippen molar-refractivity contribution in [2.45, 2.75) is 0 Å². The Labute approximate surface area is 130 Å². The smallest absolute Gasteiger partial charge is 0.759 e. The van der Waals surface area contributed by atoms with E-state index in [1.165, 1.54) is 0 Å². The van der Waals surface area contributed by atoms with E-state index < -0.39 is 20.8 Å². The van der Waals surface area contributed by atoms with Gasteiger partial charge in [0, 0.05) is 20.8 Å². The molecule has 0 spiro atoms. The first-order chi connectivity index (χ1) is 4.00. The van der Waals surface area contributed by atoms with Crippen molar-refractivity contribution in [3.63, 3.8) is 0 Å². The zero-order valence-electron chi connectivity index (χ0n) is 8.67. The third-order valence-electron chi connectivity index (χ3n) is 0. The molecule has 0 amide bonds. The molecule has 125 valence electrons. The van der Waals surface area contributed by atoms with Crippen LogP contribution < -0.4 is 0 Å². The summed E-state index contributed by atoms with van der Waals surface area (Å²) in [5.74, 6) is 0. The van der Waals surface area contributed by atoms with Crippen molar-refractivity contribution < 1.29 is 110 Å². The van der Waals surface area contributed by atoms with Gasteiger partial charge in [0.25, 0.3) is 0 Å². The maximum atomic E-state index is 8.52. The van der Waals surface area contributed by atoms with E-state index in [0.29, 0.717) is 0 Å². The summed E-state index contributed by atoms with van der Waals surface area (Å²) in [6.45, 7) is 0. The van der Waals surface area contributed by atoms with Crippen LogP contribution in [0.5, 0.6) is 0 Å². The van der Waals surface area contributed by atoms with Gasteiger partial charge in [-0.15, -0.1) is 0 Å². The molecule has 0 saturated carbocycles. The molecule has 0 aromatic rings. The molecule has 0 unspecified atom stereocenters. The predicted octanol–water partition coefficient (Wildman–Crippen LogP) is -8.45. The van der Waals surface area contributed by atoms with Gasteiger partial charge < -0.3 is 56.5 Å². The Hall–Kier alpha value is 0.603. The summed E-state index contributed by atoms with van der Waals surface area (Å²) in [6.07, 6.45) is 0. The van der Waals surface area contributed by atoms with Crippen LogP contribution in [0.1, 0.15) is 0 Å². The van der Waals surface area contributed by atoms with Crippen molar-refractivity contribution in [2.24, 2.45) is 0 Å². The van der Waals surface area contributed by atoms with Crippen LogP contribution in [0.15, 0.2) is 0 Å².